The lowest BCUT2D eigenvalue weighted by Gasteiger charge is -2.09. The van der Waals surface area contributed by atoms with E-state index >= 15 is 0 Å². The summed E-state index contributed by atoms with van der Waals surface area (Å²) in [5, 5.41) is 0.865. The molecule has 0 amide bonds. The van der Waals surface area contributed by atoms with Crippen molar-refractivity contribution in [3.8, 4) is 16.9 Å². The minimum atomic E-state index is -3.73. The molecule has 148 valence electrons. The molecule has 2 heterocycles. The topological polar surface area (TPSA) is 47.8 Å². The molecule has 0 fully saturated rings. The van der Waals surface area contributed by atoms with Crippen LogP contribution in [0.3, 0.4) is 0 Å². The van der Waals surface area contributed by atoms with Crippen LogP contribution in [0.15, 0.2) is 95.0 Å². The van der Waals surface area contributed by atoms with E-state index < -0.39 is 9.84 Å². The van der Waals surface area contributed by atoms with Crippen LogP contribution in [-0.4, -0.2) is 24.8 Å². The Bertz CT molecular complexity index is 1220. The van der Waals surface area contributed by atoms with Gasteiger partial charge in [-0.05, 0) is 48.4 Å². The summed E-state index contributed by atoms with van der Waals surface area (Å²) >= 11 is 3.37. The average molecular weight is 470 g/mol. The quantitative estimate of drug-likeness (QED) is 0.261. The summed E-state index contributed by atoms with van der Waals surface area (Å²) in [6.45, 7) is 0.583. The van der Waals surface area contributed by atoms with Crippen LogP contribution in [0.1, 0.15) is 6.42 Å². The van der Waals surface area contributed by atoms with Crippen molar-refractivity contribution in [1.82, 2.24) is 4.40 Å². The Morgan fingerprint density at radius 2 is 1.62 bits per heavy atom. The van der Waals surface area contributed by atoms with Gasteiger partial charge in [0.1, 0.15) is 10.6 Å². The van der Waals surface area contributed by atoms with Crippen LogP contribution >= 0.6 is 15.9 Å². The van der Waals surface area contributed by atoms with Gasteiger partial charge in [-0.3, -0.25) is 0 Å². The van der Waals surface area contributed by atoms with Crippen molar-refractivity contribution in [1.29, 1.82) is 0 Å². The molecule has 0 saturated heterocycles. The number of ether oxygens (including phenoxy) is 1. The molecule has 0 unspecified atom stereocenters. The van der Waals surface area contributed by atoms with Crippen molar-refractivity contribution in [2.24, 2.45) is 0 Å². The molecule has 4 rings (SSSR count). The van der Waals surface area contributed by atoms with Crippen molar-refractivity contribution in [3.05, 3.63) is 85.2 Å². The third-order valence-corrected chi connectivity index (χ3v) is 7.09. The fourth-order valence-electron chi connectivity index (χ4n) is 3.28. The lowest BCUT2D eigenvalue weighted by Crippen LogP contribution is -2.04. The molecule has 0 bridgehead atoms. The second-order valence-corrected chi connectivity index (χ2v) is 9.28. The largest absolute Gasteiger partial charge is 0.494 e. The maximum atomic E-state index is 13.6. The van der Waals surface area contributed by atoms with Gasteiger partial charge in [0, 0.05) is 23.3 Å². The van der Waals surface area contributed by atoms with Crippen molar-refractivity contribution >= 4 is 31.3 Å². The van der Waals surface area contributed by atoms with Gasteiger partial charge in [-0.25, -0.2) is 8.42 Å². The second-order valence-electron chi connectivity index (χ2n) is 6.60. The summed E-state index contributed by atoms with van der Waals surface area (Å²) in [4.78, 5) is 0.566. The predicted octanol–water partition coefficient (Wildman–Crippen LogP) is 5.60. The molecule has 0 aliphatic heterocycles. The molecule has 4 nitrogen and oxygen atoms in total. The Labute approximate surface area is 178 Å². The summed E-state index contributed by atoms with van der Waals surface area (Å²) in [5.74, 6) is 0.662. The molecule has 0 saturated carbocycles. The number of benzene rings is 2. The molecule has 29 heavy (non-hydrogen) atoms. The fraction of sp³-hybridized carbons (Fsp3) is 0.130. The lowest BCUT2D eigenvalue weighted by atomic mass is 10.1. The molecule has 4 aromatic rings. The summed E-state index contributed by atoms with van der Waals surface area (Å²) in [6, 6.07) is 21.8. The first kappa shape index (κ1) is 19.7. The van der Waals surface area contributed by atoms with Gasteiger partial charge in [0.05, 0.1) is 17.0 Å². The Morgan fingerprint density at radius 3 is 2.34 bits per heavy atom. The van der Waals surface area contributed by atoms with Gasteiger partial charge < -0.3 is 9.14 Å². The highest BCUT2D eigenvalue weighted by Crippen LogP contribution is 2.36. The van der Waals surface area contributed by atoms with Gasteiger partial charge in [0.15, 0.2) is 0 Å². The van der Waals surface area contributed by atoms with Crippen LogP contribution in [0.5, 0.6) is 5.75 Å². The molecule has 2 aromatic carbocycles. The van der Waals surface area contributed by atoms with E-state index in [1.165, 1.54) is 0 Å². The van der Waals surface area contributed by atoms with Crippen LogP contribution in [0.2, 0.25) is 0 Å². The number of fused-ring (bicyclic) bond motifs is 1. The number of sulfone groups is 1. The van der Waals surface area contributed by atoms with Gasteiger partial charge in [-0.1, -0.05) is 52.3 Å². The first-order chi connectivity index (χ1) is 14.1. The van der Waals surface area contributed by atoms with E-state index in [9.17, 15) is 8.42 Å². The normalized spacial score (nSPS) is 11.6. The van der Waals surface area contributed by atoms with Crippen molar-refractivity contribution in [3.63, 3.8) is 0 Å². The third kappa shape index (κ3) is 3.95. The van der Waals surface area contributed by atoms with Crippen LogP contribution in [-0.2, 0) is 9.84 Å². The zero-order valence-electron chi connectivity index (χ0n) is 15.7. The molecular weight excluding hydrogens is 450 g/mol. The van der Waals surface area contributed by atoms with Gasteiger partial charge in [0.25, 0.3) is 0 Å². The van der Waals surface area contributed by atoms with E-state index in [0.717, 1.165) is 17.3 Å². The summed E-state index contributed by atoms with van der Waals surface area (Å²) < 4.78 is 34.7. The molecule has 0 atom stereocenters. The molecule has 0 spiro atoms. The number of alkyl halides is 1. The minimum Gasteiger partial charge on any atom is -0.494 e. The van der Waals surface area contributed by atoms with Crippen molar-refractivity contribution < 1.29 is 13.2 Å². The minimum absolute atomic E-state index is 0.250. The van der Waals surface area contributed by atoms with Gasteiger partial charge in [0.2, 0.25) is 9.84 Å². The zero-order chi connectivity index (χ0) is 20.3. The average Bonchev–Trinajstić information content (AvgIpc) is 3.15. The maximum Gasteiger partial charge on any atom is 0.209 e. The van der Waals surface area contributed by atoms with E-state index in [4.69, 9.17) is 4.74 Å². The maximum absolute atomic E-state index is 13.6. The monoisotopic (exact) mass is 469 g/mol. The number of halogens is 1. The Hall–Kier alpha value is -2.57. The first-order valence-corrected chi connectivity index (χ1v) is 11.9. The Balaban J connectivity index is 1.81. The van der Waals surface area contributed by atoms with Crippen LogP contribution in [0, 0.1) is 0 Å². The van der Waals surface area contributed by atoms with E-state index in [1.807, 2.05) is 65.3 Å². The number of hydrogen-bond donors (Lipinski definition) is 0. The summed E-state index contributed by atoms with van der Waals surface area (Å²) in [5.41, 5.74) is 2.21. The Morgan fingerprint density at radius 1 is 0.897 bits per heavy atom. The van der Waals surface area contributed by atoms with Crippen molar-refractivity contribution in [2.45, 2.75) is 16.2 Å². The molecule has 0 aliphatic rings. The highest BCUT2D eigenvalue weighted by molar-refractivity contribution is 9.09. The second kappa shape index (κ2) is 8.43. The van der Waals surface area contributed by atoms with E-state index in [2.05, 4.69) is 15.9 Å². The Kier molecular flexibility index (Phi) is 5.74. The predicted molar refractivity (Wildman–Crippen MR) is 119 cm³/mol. The number of rotatable bonds is 7. The SMILES string of the molecule is O=S(=O)(c1ccc(OCCCBr)cc1)c1c(-c2ccccc2)cn2ccccc12. The first-order valence-electron chi connectivity index (χ1n) is 9.30. The van der Waals surface area contributed by atoms with Gasteiger partial charge in [-0.15, -0.1) is 0 Å². The summed E-state index contributed by atoms with van der Waals surface area (Å²) in [6.07, 6.45) is 4.62. The van der Waals surface area contributed by atoms with E-state index in [1.54, 1.807) is 24.3 Å². The molecule has 0 radical (unpaired) electrons. The lowest BCUT2D eigenvalue weighted by molar-refractivity contribution is 0.319. The molecule has 0 aliphatic carbocycles. The van der Waals surface area contributed by atoms with Crippen molar-refractivity contribution in [2.75, 3.05) is 11.9 Å². The standard InChI is InChI=1S/C23H20BrNO3S/c24-14-6-16-28-19-10-12-20(13-11-19)29(26,27)23-21(18-7-2-1-3-8-18)17-25-15-5-4-9-22(23)25/h1-5,7-13,15,17H,6,14,16H2. The number of nitrogens with zero attached hydrogens (tertiary/aromatic N) is 1. The van der Waals surface area contributed by atoms with Crippen LogP contribution < -0.4 is 4.74 Å². The molecule has 6 heteroatoms. The molecule has 2 aromatic heterocycles. The fourth-order valence-corrected chi connectivity index (χ4v) is 5.15. The number of pyridine rings is 1. The van der Waals surface area contributed by atoms with Gasteiger partial charge >= 0.3 is 0 Å². The third-order valence-electron chi connectivity index (χ3n) is 4.67. The number of hydrogen-bond acceptors (Lipinski definition) is 3. The highest BCUT2D eigenvalue weighted by atomic mass is 79.9. The number of aromatic nitrogens is 1. The van der Waals surface area contributed by atoms with E-state index in [-0.39, 0.29) is 4.90 Å². The zero-order valence-corrected chi connectivity index (χ0v) is 18.1. The van der Waals surface area contributed by atoms with Crippen LogP contribution in [0.25, 0.3) is 16.6 Å². The smallest absolute Gasteiger partial charge is 0.209 e. The van der Waals surface area contributed by atoms with E-state index in [0.29, 0.717) is 28.3 Å². The molecule has 0 N–H and O–H groups in total. The summed E-state index contributed by atoms with van der Waals surface area (Å²) in [7, 11) is -3.73. The molecular formula is C23H20BrNO3S. The van der Waals surface area contributed by atoms with Crippen LogP contribution in [0.4, 0.5) is 0 Å². The van der Waals surface area contributed by atoms with Gasteiger partial charge in [-0.2, -0.15) is 0 Å². The highest BCUT2D eigenvalue weighted by Gasteiger charge is 2.26.